The zero-order chi connectivity index (χ0) is 19.1. The molecule has 0 bridgehead atoms. The second-order valence-electron chi connectivity index (χ2n) is 7.88. The second kappa shape index (κ2) is 7.02. The van der Waals surface area contributed by atoms with Crippen molar-refractivity contribution in [2.45, 2.75) is 38.9 Å². The smallest absolute Gasteiger partial charge is 0.273 e. The van der Waals surface area contributed by atoms with E-state index >= 15 is 0 Å². The molecule has 0 unspecified atom stereocenters. The van der Waals surface area contributed by atoms with E-state index in [-0.39, 0.29) is 5.91 Å². The van der Waals surface area contributed by atoms with Crippen molar-refractivity contribution in [1.29, 1.82) is 0 Å². The Labute approximate surface area is 164 Å². The lowest BCUT2D eigenvalue weighted by Gasteiger charge is -2.26. The molecular formula is C22H25N5O. The predicted octanol–water partition coefficient (Wildman–Crippen LogP) is 3.11. The van der Waals surface area contributed by atoms with Crippen LogP contribution in [0.1, 0.15) is 46.7 Å². The van der Waals surface area contributed by atoms with Gasteiger partial charge < -0.3 is 4.90 Å². The van der Waals surface area contributed by atoms with Gasteiger partial charge in [-0.3, -0.25) is 14.4 Å². The summed E-state index contributed by atoms with van der Waals surface area (Å²) >= 11 is 0. The molecule has 4 heterocycles. The molecule has 0 saturated carbocycles. The number of fused-ring (bicyclic) bond motifs is 2. The van der Waals surface area contributed by atoms with E-state index in [4.69, 9.17) is 5.10 Å². The summed E-state index contributed by atoms with van der Waals surface area (Å²) in [6.07, 6.45) is 3.87. The van der Waals surface area contributed by atoms with Crippen LogP contribution in [0.3, 0.4) is 0 Å². The monoisotopic (exact) mass is 375 g/mol. The molecule has 2 aromatic heterocycles. The number of para-hydroxylation sites is 1. The number of nitrogens with zero attached hydrogens (tertiary/aromatic N) is 5. The van der Waals surface area contributed by atoms with Crippen LogP contribution in [0.15, 0.2) is 36.4 Å². The molecule has 144 valence electrons. The first kappa shape index (κ1) is 17.4. The zero-order valence-electron chi connectivity index (χ0n) is 16.3. The van der Waals surface area contributed by atoms with Crippen LogP contribution in [0.25, 0.3) is 10.9 Å². The number of benzene rings is 1. The van der Waals surface area contributed by atoms with Gasteiger partial charge in [0, 0.05) is 24.5 Å². The zero-order valence-corrected chi connectivity index (χ0v) is 16.3. The van der Waals surface area contributed by atoms with Crippen molar-refractivity contribution in [3.63, 3.8) is 0 Å². The predicted molar refractivity (Wildman–Crippen MR) is 108 cm³/mol. The Balaban J connectivity index is 1.36. The molecule has 2 aliphatic heterocycles. The largest absolute Gasteiger partial charge is 0.327 e. The molecule has 3 aromatic rings. The molecule has 1 fully saturated rings. The van der Waals surface area contributed by atoms with Crippen molar-refractivity contribution in [2.24, 2.45) is 7.05 Å². The van der Waals surface area contributed by atoms with Gasteiger partial charge in [-0.15, -0.1) is 0 Å². The number of aromatic nitrogens is 3. The number of likely N-dealkylation sites (tertiary alicyclic amines) is 1. The van der Waals surface area contributed by atoms with Gasteiger partial charge in [0.1, 0.15) is 5.69 Å². The molecule has 0 spiro atoms. The summed E-state index contributed by atoms with van der Waals surface area (Å²) in [5.41, 5.74) is 4.87. The molecule has 1 saturated heterocycles. The van der Waals surface area contributed by atoms with E-state index in [9.17, 15) is 4.79 Å². The first-order valence-electron chi connectivity index (χ1n) is 10.1. The summed E-state index contributed by atoms with van der Waals surface area (Å²) in [6, 6.07) is 11.7. The van der Waals surface area contributed by atoms with Crippen LogP contribution in [-0.2, 0) is 26.7 Å². The first-order chi connectivity index (χ1) is 13.7. The average Bonchev–Trinajstić information content (AvgIpc) is 3.29. The maximum atomic E-state index is 13.1. The molecular weight excluding hydrogens is 350 g/mol. The highest BCUT2D eigenvalue weighted by Gasteiger charge is 2.31. The minimum Gasteiger partial charge on any atom is -0.327 e. The lowest BCUT2D eigenvalue weighted by Crippen LogP contribution is -2.30. The van der Waals surface area contributed by atoms with Crippen molar-refractivity contribution in [1.82, 2.24) is 24.6 Å². The summed E-state index contributed by atoms with van der Waals surface area (Å²) in [5.74, 6) is -0.00845. The molecule has 5 rings (SSSR count). The molecule has 1 aromatic carbocycles. The van der Waals surface area contributed by atoms with E-state index < -0.39 is 0 Å². The van der Waals surface area contributed by atoms with E-state index in [0.717, 1.165) is 41.9 Å². The molecule has 0 radical (unpaired) electrons. The Morgan fingerprint density at radius 1 is 1.04 bits per heavy atom. The standard InChI is InChI=1S/C22H25N5O/c1-25-21-15-27(13-17(21)20(24-25)14-26-11-5-2-6-12-26)22(28)19-10-9-16-7-3-4-8-18(16)23-19/h3-4,7-10H,2,5-6,11-15H2,1H3. The fraction of sp³-hybridized carbons (Fsp3) is 0.409. The van der Waals surface area contributed by atoms with Crippen molar-refractivity contribution in [3.05, 3.63) is 59.0 Å². The number of carbonyl (C=O) groups excluding carboxylic acids is 1. The van der Waals surface area contributed by atoms with E-state index in [1.165, 1.54) is 24.8 Å². The average molecular weight is 375 g/mol. The summed E-state index contributed by atoms with van der Waals surface area (Å²) in [7, 11) is 1.99. The molecule has 0 atom stereocenters. The van der Waals surface area contributed by atoms with Gasteiger partial charge in [-0.05, 0) is 38.1 Å². The Kier molecular flexibility index (Phi) is 4.36. The molecule has 0 aliphatic carbocycles. The van der Waals surface area contributed by atoms with Gasteiger partial charge in [-0.1, -0.05) is 30.7 Å². The summed E-state index contributed by atoms with van der Waals surface area (Å²) in [6.45, 7) is 4.41. The highest BCUT2D eigenvalue weighted by molar-refractivity contribution is 5.95. The topological polar surface area (TPSA) is 54.3 Å². The third-order valence-corrected chi connectivity index (χ3v) is 5.97. The number of carbonyl (C=O) groups is 1. The third-order valence-electron chi connectivity index (χ3n) is 5.97. The normalized spacial score (nSPS) is 17.2. The van der Waals surface area contributed by atoms with Crippen LogP contribution in [0, 0.1) is 0 Å². The number of hydrogen-bond donors (Lipinski definition) is 0. The quantitative estimate of drug-likeness (QED) is 0.706. The Bertz CT molecular complexity index is 1030. The maximum absolute atomic E-state index is 13.1. The van der Waals surface area contributed by atoms with E-state index in [1.54, 1.807) is 0 Å². The Hall–Kier alpha value is -2.73. The third kappa shape index (κ3) is 3.07. The fourth-order valence-corrected chi connectivity index (χ4v) is 4.42. The number of piperidine rings is 1. The summed E-state index contributed by atoms with van der Waals surface area (Å²) in [4.78, 5) is 22.1. The SMILES string of the molecule is Cn1nc(CN2CCCCC2)c2c1CN(C(=O)c1ccc3ccccc3n1)C2. The summed E-state index contributed by atoms with van der Waals surface area (Å²) in [5, 5.41) is 5.81. The number of rotatable bonds is 3. The Morgan fingerprint density at radius 2 is 1.86 bits per heavy atom. The van der Waals surface area contributed by atoms with Gasteiger partial charge in [-0.25, -0.2) is 4.98 Å². The molecule has 28 heavy (non-hydrogen) atoms. The fourth-order valence-electron chi connectivity index (χ4n) is 4.42. The van der Waals surface area contributed by atoms with Gasteiger partial charge in [-0.2, -0.15) is 5.10 Å². The number of amides is 1. The minimum absolute atomic E-state index is 0.00845. The first-order valence-corrected chi connectivity index (χ1v) is 10.1. The van der Waals surface area contributed by atoms with Gasteiger partial charge in [0.05, 0.1) is 30.0 Å². The van der Waals surface area contributed by atoms with E-state index in [0.29, 0.717) is 18.8 Å². The lowest BCUT2D eigenvalue weighted by molar-refractivity contribution is 0.0742. The van der Waals surface area contributed by atoms with Crippen molar-refractivity contribution in [2.75, 3.05) is 13.1 Å². The van der Waals surface area contributed by atoms with Crippen molar-refractivity contribution in [3.8, 4) is 0 Å². The minimum atomic E-state index is -0.00845. The molecule has 1 amide bonds. The highest BCUT2D eigenvalue weighted by Crippen LogP contribution is 2.28. The van der Waals surface area contributed by atoms with E-state index in [1.807, 2.05) is 53.0 Å². The van der Waals surface area contributed by atoms with Crippen LogP contribution in [-0.4, -0.2) is 43.6 Å². The highest BCUT2D eigenvalue weighted by atomic mass is 16.2. The van der Waals surface area contributed by atoms with Crippen molar-refractivity contribution < 1.29 is 4.79 Å². The van der Waals surface area contributed by atoms with Gasteiger partial charge in [0.2, 0.25) is 0 Å². The summed E-state index contributed by atoms with van der Waals surface area (Å²) < 4.78 is 1.95. The van der Waals surface area contributed by atoms with Crippen LogP contribution >= 0.6 is 0 Å². The van der Waals surface area contributed by atoms with Crippen molar-refractivity contribution >= 4 is 16.8 Å². The van der Waals surface area contributed by atoms with Crippen LogP contribution in [0.2, 0.25) is 0 Å². The van der Waals surface area contributed by atoms with E-state index in [2.05, 4.69) is 9.88 Å². The Morgan fingerprint density at radius 3 is 2.71 bits per heavy atom. The lowest BCUT2D eigenvalue weighted by atomic mass is 10.1. The molecule has 2 aliphatic rings. The second-order valence-corrected chi connectivity index (χ2v) is 7.88. The molecule has 6 nitrogen and oxygen atoms in total. The van der Waals surface area contributed by atoms with Crippen LogP contribution < -0.4 is 0 Å². The number of pyridine rings is 1. The van der Waals surface area contributed by atoms with Crippen LogP contribution in [0.5, 0.6) is 0 Å². The molecule has 6 heteroatoms. The van der Waals surface area contributed by atoms with Crippen LogP contribution in [0.4, 0.5) is 0 Å². The van der Waals surface area contributed by atoms with Gasteiger partial charge in [0.25, 0.3) is 5.91 Å². The molecule has 0 N–H and O–H groups in total. The van der Waals surface area contributed by atoms with Gasteiger partial charge >= 0.3 is 0 Å². The maximum Gasteiger partial charge on any atom is 0.273 e. The number of hydrogen-bond acceptors (Lipinski definition) is 4. The van der Waals surface area contributed by atoms with Gasteiger partial charge in [0.15, 0.2) is 0 Å². The number of aryl methyl sites for hydroxylation is 1.